The van der Waals surface area contributed by atoms with Gasteiger partial charge < -0.3 is 10.1 Å². The van der Waals surface area contributed by atoms with Crippen LogP contribution >= 0.6 is 15.9 Å². The monoisotopic (exact) mass is 351 g/mol. The molecule has 1 aliphatic rings. The summed E-state index contributed by atoms with van der Waals surface area (Å²) in [5, 5.41) is 3.10. The van der Waals surface area contributed by atoms with Crippen molar-refractivity contribution in [3.8, 4) is 5.75 Å². The third-order valence-electron chi connectivity index (χ3n) is 3.80. The summed E-state index contributed by atoms with van der Waals surface area (Å²) in [5.74, 6) is 0.781. The van der Waals surface area contributed by atoms with Gasteiger partial charge in [-0.2, -0.15) is 0 Å². The van der Waals surface area contributed by atoms with Gasteiger partial charge in [0, 0.05) is 12.1 Å². The van der Waals surface area contributed by atoms with Crippen LogP contribution in [-0.2, 0) is 4.79 Å². The first-order valence-electron chi connectivity index (χ1n) is 7.51. The zero-order valence-electron chi connectivity index (χ0n) is 12.4. The predicted octanol–water partition coefficient (Wildman–Crippen LogP) is 4.31. The fraction of sp³-hybridized carbons (Fsp3) is 0.471. The molecule has 0 saturated heterocycles. The first kappa shape index (κ1) is 16.1. The Morgan fingerprint density at radius 2 is 2.00 bits per heavy atom. The van der Waals surface area contributed by atoms with E-state index in [1.54, 1.807) is 13.2 Å². The minimum atomic E-state index is -0.00570. The van der Waals surface area contributed by atoms with E-state index in [1.807, 2.05) is 24.3 Å². The molecule has 2 rings (SSSR count). The summed E-state index contributed by atoms with van der Waals surface area (Å²) in [6.45, 7) is 0. The van der Waals surface area contributed by atoms with E-state index in [0.717, 1.165) is 28.6 Å². The van der Waals surface area contributed by atoms with E-state index in [4.69, 9.17) is 4.74 Å². The van der Waals surface area contributed by atoms with Gasteiger partial charge in [0.2, 0.25) is 5.91 Å². The predicted molar refractivity (Wildman–Crippen MR) is 89.4 cm³/mol. The van der Waals surface area contributed by atoms with E-state index in [9.17, 15) is 4.79 Å². The normalized spacial score (nSPS) is 16.7. The van der Waals surface area contributed by atoms with Crippen molar-refractivity contribution < 1.29 is 9.53 Å². The van der Waals surface area contributed by atoms with E-state index in [1.165, 1.54) is 25.7 Å². The van der Waals surface area contributed by atoms with Crippen LogP contribution < -0.4 is 10.1 Å². The summed E-state index contributed by atoms with van der Waals surface area (Å²) in [5.41, 5.74) is 0.971. The lowest BCUT2D eigenvalue weighted by atomic mass is 10.1. The molecular weight excluding hydrogens is 330 g/mol. The molecule has 0 bridgehead atoms. The van der Waals surface area contributed by atoms with Gasteiger partial charge in [0.1, 0.15) is 5.75 Å². The Morgan fingerprint density at radius 1 is 1.29 bits per heavy atom. The Morgan fingerprint density at radius 3 is 2.62 bits per heavy atom. The highest BCUT2D eigenvalue weighted by molar-refractivity contribution is 9.10. The minimum Gasteiger partial charge on any atom is -0.496 e. The number of ether oxygens (including phenoxy) is 1. The Labute approximate surface area is 134 Å². The number of amides is 1. The fourth-order valence-corrected chi connectivity index (χ4v) is 3.19. The highest BCUT2D eigenvalue weighted by atomic mass is 79.9. The zero-order valence-corrected chi connectivity index (χ0v) is 14.0. The van der Waals surface area contributed by atoms with Gasteiger partial charge in [0.05, 0.1) is 11.6 Å². The molecule has 1 aliphatic carbocycles. The van der Waals surface area contributed by atoms with Crippen molar-refractivity contribution >= 4 is 27.9 Å². The summed E-state index contributed by atoms with van der Waals surface area (Å²) >= 11 is 3.44. The molecule has 0 radical (unpaired) electrons. The standard InChI is InChI=1S/C17H22BrNO2/c1-21-16-10-8-13(12-15(16)18)9-11-17(20)19-14-6-4-2-3-5-7-14/h8-12,14H,2-7H2,1H3,(H,19,20)/b11-9-. The molecule has 0 heterocycles. The summed E-state index contributed by atoms with van der Waals surface area (Å²) in [4.78, 5) is 12.0. The molecule has 3 nitrogen and oxygen atoms in total. The Balaban J connectivity index is 1.90. The molecule has 1 fully saturated rings. The third kappa shape index (κ3) is 5.20. The molecule has 4 heteroatoms. The molecule has 0 atom stereocenters. The van der Waals surface area contributed by atoms with E-state index in [2.05, 4.69) is 21.2 Å². The second-order valence-corrected chi connectivity index (χ2v) is 6.28. The SMILES string of the molecule is COc1ccc(/C=C\C(=O)NC2CCCCCC2)cc1Br. The maximum atomic E-state index is 12.0. The molecule has 0 aromatic heterocycles. The molecule has 1 amide bonds. The number of carbonyl (C=O) groups excluding carboxylic acids is 1. The van der Waals surface area contributed by atoms with Crippen LogP contribution in [-0.4, -0.2) is 19.1 Å². The molecule has 114 valence electrons. The number of hydrogen-bond donors (Lipinski definition) is 1. The molecule has 1 saturated carbocycles. The Hall–Kier alpha value is -1.29. The fourth-order valence-electron chi connectivity index (χ4n) is 2.63. The van der Waals surface area contributed by atoms with Crippen molar-refractivity contribution in [3.05, 3.63) is 34.3 Å². The molecule has 1 N–H and O–H groups in total. The third-order valence-corrected chi connectivity index (χ3v) is 4.42. The second kappa shape index (κ2) is 8.23. The van der Waals surface area contributed by atoms with E-state index in [-0.39, 0.29) is 5.91 Å². The van der Waals surface area contributed by atoms with Gasteiger partial charge in [-0.15, -0.1) is 0 Å². The summed E-state index contributed by atoms with van der Waals surface area (Å²) in [6, 6.07) is 6.09. The molecule has 0 unspecified atom stereocenters. The Bertz CT molecular complexity index is 506. The van der Waals surface area contributed by atoms with E-state index >= 15 is 0 Å². The highest BCUT2D eigenvalue weighted by Crippen LogP contribution is 2.26. The quantitative estimate of drug-likeness (QED) is 0.648. The maximum Gasteiger partial charge on any atom is 0.244 e. The van der Waals surface area contributed by atoms with Crippen LogP contribution in [0.3, 0.4) is 0 Å². The number of hydrogen-bond acceptors (Lipinski definition) is 2. The minimum absolute atomic E-state index is 0.00570. The van der Waals surface area contributed by atoms with Gasteiger partial charge in [-0.25, -0.2) is 0 Å². The largest absolute Gasteiger partial charge is 0.496 e. The van der Waals surface area contributed by atoms with Crippen LogP contribution in [0.15, 0.2) is 28.7 Å². The summed E-state index contributed by atoms with van der Waals surface area (Å²) < 4.78 is 6.07. The number of rotatable bonds is 4. The molecule has 0 spiro atoms. The number of halogens is 1. The van der Waals surface area contributed by atoms with Crippen molar-refractivity contribution in [1.29, 1.82) is 0 Å². The first-order valence-corrected chi connectivity index (χ1v) is 8.30. The van der Waals surface area contributed by atoms with Crippen LogP contribution in [0.25, 0.3) is 6.08 Å². The maximum absolute atomic E-state index is 12.0. The number of benzene rings is 1. The lowest BCUT2D eigenvalue weighted by Gasteiger charge is -2.14. The topological polar surface area (TPSA) is 38.3 Å². The van der Waals surface area contributed by atoms with Gasteiger partial charge in [0.15, 0.2) is 0 Å². The summed E-state index contributed by atoms with van der Waals surface area (Å²) in [7, 11) is 1.63. The van der Waals surface area contributed by atoms with E-state index < -0.39 is 0 Å². The zero-order chi connectivity index (χ0) is 15.1. The van der Waals surface area contributed by atoms with Crippen LogP contribution in [0.5, 0.6) is 5.75 Å². The molecule has 21 heavy (non-hydrogen) atoms. The van der Waals surface area contributed by atoms with Gasteiger partial charge in [-0.1, -0.05) is 31.7 Å². The molecule has 1 aromatic rings. The number of nitrogens with one attached hydrogen (secondary N) is 1. The average molecular weight is 352 g/mol. The van der Waals surface area contributed by atoms with Crippen molar-refractivity contribution in [2.75, 3.05) is 7.11 Å². The van der Waals surface area contributed by atoms with Gasteiger partial charge in [-0.05, 0) is 52.5 Å². The average Bonchev–Trinajstić information content (AvgIpc) is 2.74. The molecule has 0 aliphatic heterocycles. The summed E-state index contributed by atoms with van der Waals surface area (Å²) in [6.07, 6.45) is 10.7. The van der Waals surface area contributed by atoms with Crippen LogP contribution in [0.4, 0.5) is 0 Å². The van der Waals surface area contributed by atoms with Gasteiger partial charge in [-0.3, -0.25) is 4.79 Å². The van der Waals surface area contributed by atoms with Gasteiger partial charge in [0.25, 0.3) is 0 Å². The second-order valence-electron chi connectivity index (χ2n) is 5.42. The van der Waals surface area contributed by atoms with E-state index in [0.29, 0.717) is 6.04 Å². The van der Waals surface area contributed by atoms with Crippen molar-refractivity contribution in [2.45, 2.75) is 44.6 Å². The number of carbonyl (C=O) groups is 1. The van der Waals surface area contributed by atoms with Crippen molar-refractivity contribution in [2.24, 2.45) is 0 Å². The van der Waals surface area contributed by atoms with Gasteiger partial charge >= 0.3 is 0 Å². The smallest absolute Gasteiger partial charge is 0.244 e. The first-order chi connectivity index (χ1) is 10.2. The molecular formula is C17H22BrNO2. The lowest BCUT2D eigenvalue weighted by Crippen LogP contribution is -2.33. The molecule has 1 aromatic carbocycles. The Kier molecular flexibility index (Phi) is 6.30. The van der Waals surface area contributed by atoms with Crippen LogP contribution in [0.1, 0.15) is 44.1 Å². The lowest BCUT2D eigenvalue weighted by molar-refractivity contribution is -0.117. The van der Waals surface area contributed by atoms with Crippen molar-refractivity contribution in [3.63, 3.8) is 0 Å². The number of methoxy groups -OCH3 is 1. The van der Waals surface area contributed by atoms with Crippen LogP contribution in [0.2, 0.25) is 0 Å². The van der Waals surface area contributed by atoms with Crippen LogP contribution in [0, 0.1) is 0 Å². The van der Waals surface area contributed by atoms with Crippen molar-refractivity contribution in [1.82, 2.24) is 5.32 Å². The highest BCUT2D eigenvalue weighted by Gasteiger charge is 2.13.